The summed E-state index contributed by atoms with van der Waals surface area (Å²) in [6.45, 7) is 0. The van der Waals surface area contributed by atoms with Gasteiger partial charge in [-0.3, -0.25) is 0 Å². The summed E-state index contributed by atoms with van der Waals surface area (Å²) in [7, 11) is 0. The molecule has 0 saturated heterocycles. The summed E-state index contributed by atoms with van der Waals surface area (Å²) in [6.07, 6.45) is 0. The molecule has 0 fully saturated rings. The molecule has 0 unspecified atom stereocenters. The van der Waals surface area contributed by atoms with Crippen LogP contribution in [0.15, 0.2) is 231 Å². The molecule has 0 radical (unpaired) electrons. The van der Waals surface area contributed by atoms with Crippen molar-refractivity contribution >= 4 is 81.1 Å². The van der Waals surface area contributed by atoms with E-state index in [2.05, 4.69) is 240 Å². The predicted octanol–water partition coefficient (Wildman–Crippen LogP) is 16.8. The van der Waals surface area contributed by atoms with Crippen LogP contribution in [0, 0.1) is 0 Å². The third-order valence-electron chi connectivity index (χ3n) is 12.2. The summed E-state index contributed by atoms with van der Waals surface area (Å²) in [5, 5.41) is 7.61. The lowest BCUT2D eigenvalue weighted by Crippen LogP contribution is -2.11. The van der Waals surface area contributed by atoms with E-state index in [-0.39, 0.29) is 0 Å². The van der Waals surface area contributed by atoms with Crippen LogP contribution < -0.4 is 4.90 Å². The molecule has 286 valence electrons. The first-order valence-electron chi connectivity index (χ1n) is 20.8. The molecule has 12 rings (SSSR count). The Labute approximate surface area is 358 Å². The molecule has 0 aliphatic carbocycles. The molecule has 0 N–H and O–H groups in total. The Morgan fingerprint density at radius 1 is 0.328 bits per heavy atom. The fourth-order valence-electron chi connectivity index (χ4n) is 9.21. The molecule has 10 aromatic carbocycles. The van der Waals surface area contributed by atoms with E-state index < -0.39 is 0 Å². The highest BCUT2D eigenvalue weighted by atomic mass is 32.1. The largest absolute Gasteiger partial charge is 0.310 e. The number of rotatable bonds is 7. The number of nitrogens with zero attached hydrogens (tertiary/aromatic N) is 2. The maximum atomic E-state index is 2.43. The zero-order valence-corrected chi connectivity index (χ0v) is 34.1. The van der Waals surface area contributed by atoms with Crippen molar-refractivity contribution in [2.45, 2.75) is 0 Å². The van der Waals surface area contributed by atoms with Gasteiger partial charge in [-0.25, -0.2) is 0 Å². The van der Waals surface area contributed by atoms with Crippen LogP contribution in [0.5, 0.6) is 0 Å². The summed E-state index contributed by atoms with van der Waals surface area (Å²) in [5.74, 6) is 0. The number of hydrogen-bond acceptors (Lipinski definition) is 2. The third kappa shape index (κ3) is 6.09. The van der Waals surface area contributed by atoms with Gasteiger partial charge in [0, 0.05) is 53.6 Å². The van der Waals surface area contributed by atoms with Crippen LogP contribution in [0.25, 0.3) is 91.8 Å². The van der Waals surface area contributed by atoms with Gasteiger partial charge in [0.05, 0.1) is 16.7 Å². The van der Waals surface area contributed by atoms with Crippen molar-refractivity contribution in [1.82, 2.24) is 4.57 Å². The average molecular weight is 795 g/mol. The van der Waals surface area contributed by atoms with Gasteiger partial charge < -0.3 is 9.47 Å². The zero-order valence-electron chi connectivity index (χ0n) is 33.2. The molecule has 0 saturated carbocycles. The molecule has 0 atom stereocenters. The summed E-state index contributed by atoms with van der Waals surface area (Å²) in [4.78, 5) is 2.43. The van der Waals surface area contributed by atoms with Gasteiger partial charge in [0.2, 0.25) is 0 Å². The molecule has 0 aliphatic rings. The topological polar surface area (TPSA) is 8.17 Å². The predicted molar refractivity (Wildman–Crippen MR) is 262 cm³/mol. The first-order valence-corrected chi connectivity index (χ1v) is 21.6. The second-order valence-electron chi connectivity index (χ2n) is 15.7. The van der Waals surface area contributed by atoms with E-state index in [1.54, 1.807) is 0 Å². The monoisotopic (exact) mass is 794 g/mol. The molecule has 12 aromatic rings. The van der Waals surface area contributed by atoms with Crippen molar-refractivity contribution < 1.29 is 0 Å². The van der Waals surface area contributed by atoms with Crippen molar-refractivity contribution in [3.8, 4) is 39.1 Å². The zero-order chi connectivity index (χ0) is 40.3. The fourth-order valence-corrected chi connectivity index (χ4v) is 10.3. The standard InChI is InChI=1S/C58H38N2S/c1-2-13-41(14-3-1)49-34-26-45(43-23-22-39-12-4-5-15-42(39)36-43)38-56(49)59(46-28-24-40(25-29-46)44-27-35-58-53(37-44)52-18-8-11-21-57(52)61-58)47-30-32-48(33-31-47)60-54-19-9-6-16-50(54)51-17-7-10-20-55(51)60/h1-38H. The van der Waals surface area contributed by atoms with E-state index in [9.17, 15) is 0 Å². The van der Waals surface area contributed by atoms with Gasteiger partial charge in [-0.05, 0) is 117 Å². The van der Waals surface area contributed by atoms with Gasteiger partial charge >= 0.3 is 0 Å². The number of aromatic nitrogens is 1. The molecule has 2 nitrogen and oxygen atoms in total. The number of benzene rings is 10. The number of fused-ring (bicyclic) bond motifs is 7. The lowest BCUT2D eigenvalue weighted by atomic mass is 9.95. The Morgan fingerprint density at radius 2 is 0.869 bits per heavy atom. The molecule has 0 amide bonds. The first-order chi connectivity index (χ1) is 30.2. The van der Waals surface area contributed by atoms with Gasteiger partial charge in [0.15, 0.2) is 0 Å². The highest BCUT2D eigenvalue weighted by Crippen LogP contribution is 2.45. The minimum Gasteiger partial charge on any atom is -0.310 e. The smallest absolute Gasteiger partial charge is 0.0546 e. The third-order valence-corrected chi connectivity index (χ3v) is 13.3. The number of hydrogen-bond donors (Lipinski definition) is 0. The van der Waals surface area contributed by atoms with Gasteiger partial charge in [-0.2, -0.15) is 0 Å². The van der Waals surface area contributed by atoms with Crippen LogP contribution >= 0.6 is 11.3 Å². The molecule has 3 heteroatoms. The molecule has 0 bridgehead atoms. The van der Waals surface area contributed by atoms with E-state index in [0.717, 1.165) is 28.3 Å². The second kappa shape index (κ2) is 14.5. The fraction of sp³-hybridized carbons (Fsp3) is 0. The lowest BCUT2D eigenvalue weighted by Gasteiger charge is -2.29. The van der Waals surface area contributed by atoms with Crippen molar-refractivity contribution in [3.63, 3.8) is 0 Å². The van der Waals surface area contributed by atoms with E-state index in [4.69, 9.17) is 0 Å². The van der Waals surface area contributed by atoms with Crippen LogP contribution in [0.2, 0.25) is 0 Å². The molecule has 0 aliphatic heterocycles. The van der Waals surface area contributed by atoms with Gasteiger partial charge in [0.25, 0.3) is 0 Å². The number of thiophene rings is 1. The SMILES string of the molecule is c1ccc(-c2ccc(-c3ccc4ccccc4c3)cc2N(c2ccc(-c3ccc4sc5ccccc5c4c3)cc2)c2ccc(-n3c4ccccc4c4ccccc43)cc2)cc1. The highest BCUT2D eigenvalue weighted by Gasteiger charge is 2.20. The molecule has 2 heterocycles. The number of para-hydroxylation sites is 2. The normalized spacial score (nSPS) is 11.6. The van der Waals surface area contributed by atoms with Crippen molar-refractivity contribution in [2.24, 2.45) is 0 Å². The van der Waals surface area contributed by atoms with E-state index in [0.29, 0.717) is 0 Å². The van der Waals surface area contributed by atoms with Crippen molar-refractivity contribution in [1.29, 1.82) is 0 Å². The van der Waals surface area contributed by atoms with Crippen LogP contribution in [0.1, 0.15) is 0 Å². The minimum atomic E-state index is 1.08. The first kappa shape index (κ1) is 35.2. The summed E-state index contributed by atoms with van der Waals surface area (Å²) in [5.41, 5.74) is 13.9. The highest BCUT2D eigenvalue weighted by molar-refractivity contribution is 7.25. The van der Waals surface area contributed by atoms with Crippen molar-refractivity contribution in [2.75, 3.05) is 4.90 Å². The van der Waals surface area contributed by atoms with Gasteiger partial charge in [-0.15, -0.1) is 11.3 Å². The van der Waals surface area contributed by atoms with Crippen LogP contribution in [0.3, 0.4) is 0 Å². The maximum absolute atomic E-state index is 2.43. The lowest BCUT2D eigenvalue weighted by molar-refractivity contribution is 1.17. The Bertz CT molecular complexity index is 3520. The summed E-state index contributed by atoms with van der Waals surface area (Å²) in [6, 6.07) is 84.3. The van der Waals surface area contributed by atoms with Gasteiger partial charge in [-0.1, -0.05) is 152 Å². The second-order valence-corrected chi connectivity index (χ2v) is 16.8. The molecular formula is C58H38N2S. The van der Waals surface area contributed by atoms with Crippen LogP contribution in [-0.4, -0.2) is 4.57 Å². The Morgan fingerprint density at radius 3 is 1.62 bits per heavy atom. The van der Waals surface area contributed by atoms with E-state index in [1.807, 2.05) is 11.3 Å². The molecule has 61 heavy (non-hydrogen) atoms. The number of anilines is 3. The van der Waals surface area contributed by atoms with E-state index in [1.165, 1.54) is 80.6 Å². The molecular weight excluding hydrogens is 757 g/mol. The van der Waals surface area contributed by atoms with E-state index >= 15 is 0 Å². The Hall–Kier alpha value is -7.72. The quantitative estimate of drug-likeness (QED) is 0.156. The Kier molecular flexibility index (Phi) is 8.39. The summed E-state index contributed by atoms with van der Waals surface area (Å²) >= 11 is 1.86. The Balaban J connectivity index is 1.03. The maximum Gasteiger partial charge on any atom is 0.0546 e. The van der Waals surface area contributed by atoms with Crippen molar-refractivity contribution in [3.05, 3.63) is 231 Å². The molecule has 2 aromatic heterocycles. The minimum absolute atomic E-state index is 1.08. The van der Waals surface area contributed by atoms with Gasteiger partial charge in [0.1, 0.15) is 0 Å². The van der Waals surface area contributed by atoms with Crippen LogP contribution in [-0.2, 0) is 0 Å². The van der Waals surface area contributed by atoms with Crippen LogP contribution in [0.4, 0.5) is 17.1 Å². The molecule has 0 spiro atoms. The summed E-state index contributed by atoms with van der Waals surface area (Å²) < 4.78 is 5.03. The average Bonchev–Trinajstić information content (AvgIpc) is 3.88.